The van der Waals surface area contributed by atoms with Crippen molar-refractivity contribution in [3.05, 3.63) is 35.9 Å². The van der Waals surface area contributed by atoms with Crippen LogP contribution < -0.4 is 5.32 Å². The van der Waals surface area contributed by atoms with Crippen molar-refractivity contribution in [3.63, 3.8) is 0 Å². The molecule has 1 rings (SSSR count). The highest BCUT2D eigenvalue weighted by Gasteiger charge is 2.33. The lowest BCUT2D eigenvalue weighted by Crippen LogP contribution is -2.51. The van der Waals surface area contributed by atoms with E-state index in [4.69, 9.17) is 0 Å². The van der Waals surface area contributed by atoms with Gasteiger partial charge in [0, 0.05) is 11.0 Å². The van der Waals surface area contributed by atoms with Gasteiger partial charge in [-0.3, -0.25) is 4.79 Å². The molecule has 0 atom stereocenters. The number of hydrogen-bond donors (Lipinski definition) is 1. The number of nitrogens with one attached hydrogen (secondary N) is 1. The van der Waals surface area contributed by atoms with E-state index >= 15 is 0 Å². The number of hydrogen-bond acceptors (Lipinski definition) is 1. The van der Waals surface area contributed by atoms with E-state index in [0.717, 1.165) is 12.8 Å². The molecule has 1 N–H and O–H groups in total. The third-order valence-corrected chi connectivity index (χ3v) is 3.53. The van der Waals surface area contributed by atoms with Gasteiger partial charge in [-0.1, -0.05) is 65.0 Å². The van der Waals surface area contributed by atoms with Crippen LogP contribution in [0.25, 0.3) is 0 Å². The molecule has 1 aromatic carbocycles. The number of carbonyl (C=O) groups excluding carboxylic acids is 1. The minimum absolute atomic E-state index is 0.126. The van der Waals surface area contributed by atoms with Gasteiger partial charge in [-0.25, -0.2) is 0 Å². The van der Waals surface area contributed by atoms with Crippen LogP contribution in [0.1, 0.15) is 60.5 Å². The molecule has 0 aliphatic heterocycles. The van der Waals surface area contributed by atoms with Gasteiger partial charge in [0.15, 0.2) is 0 Å². The first-order valence-corrected chi connectivity index (χ1v) is 7.78. The summed E-state index contributed by atoms with van der Waals surface area (Å²) in [6.07, 6.45) is 1.71. The molecule has 21 heavy (non-hydrogen) atoms. The Labute approximate surface area is 130 Å². The van der Waals surface area contributed by atoms with Crippen LogP contribution in [0.3, 0.4) is 0 Å². The molecule has 0 aliphatic rings. The second kappa shape index (κ2) is 6.21. The van der Waals surface area contributed by atoms with Gasteiger partial charge in [0.1, 0.15) is 0 Å². The van der Waals surface area contributed by atoms with Crippen molar-refractivity contribution in [1.29, 1.82) is 0 Å². The Bertz CT molecular complexity index is 466. The molecule has 1 aromatic rings. The smallest absolute Gasteiger partial charge is 0.226 e. The maximum atomic E-state index is 12.7. The molecule has 0 aromatic heterocycles. The first kappa shape index (κ1) is 17.7. The Hall–Kier alpha value is -1.31. The lowest BCUT2D eigenvalue weighted by molar-refractivity contribution is -0.131. The third-order valence-electron chi connectivity index (χ3n) is 3.53. The molecule has 0 aliphatic carbocycles. The van der Waals surface area contributed by atoms with Crippen LogP contribution in [-0.4, -0.2) is 11.4 Å². The minimum atomic E-state index is -0.406. The molecular weight excluding hydrogens is 258 g/mol. The molecule has 2 heteroatoms. The van der Waals surface area contributed by atoms with Gasteiger partial charge in [0.25, 0.3) is 0 Å². The lowest BCUT2D eigenvalue weighted by Gasteiger charge is -2.36. The molecule has 0 saturated heterocycles. The van der Waals surface area contributed by atoms with Gasteiger partial charge in [-0.2, -0.15) is 0 Å². The van der Waals surface area contributed by atoms with E-state index in [0.29, 0.717) is 0 Å². The van der Waals surface area contributed by atoms with Gasteiger partial charge < -0.3 is 5.32 Å². The van der Waals surface area contributed by atoms with Crippen LogP contribution in [0.15, 0.2) is 30.3 Å². The van der Waals surface area contributed by atoms with Crippen molar-refractivity contribution in [2.24, 2.45) is 10.8 Å². The Kier molecular flexibility index (Phi) is 5.25. The average molecular weight is 289 g/mol. The van der Waals surface area contributed by atoms with Crippen LogP contribution in [-0.2, 0) is 11.2 Å². The summed E-state index contributed by atoms with van der Waals surface area (Å²) in [6.45, 7) is 14.9. The second-order valence-electron chi connectivity index (χ2n) is 8.62. The van der Waals surface area contributed by atoms with Crippen molar-refractivity contribution in [2.75, 3.05) is 0 Å². The quantitative estimate of drug-likeness (QED) is 0.844. The monoisotopic (exact) mass is 289 g/mol. The summed E-state index contributed by atoms with van der Waals surface area (Å²) >= 11 is 0. The topological polar surface area (TPSA) is 29.1 Å². The number of carbonyl (C=O) groups is 1. The summed E-state index contributed by atoms with van der Waals surface area (Å²) in [5, 5.41) is 3.23. The number of amides is 1. The highest BCUT2D eigenvalue weighted by atomic mass is 16.2. The minimum Gasteiger partial charge on any atom is -0.351 e. The highest BCUT2D eigenvalue weighted by Crippen LogP contribution is 2.29. The summed E-state index contributed by atoms with van der Waals surface area (Å²) in [5.74, 6) is 0.126. The Balaban J connectivity index is 2.73. The van der Waals surface area contributed by atoms with Crippen LogP contribution >= 0.6 is 0 Å². The first-order valence-electron chi connectivity index (χ1n) is 7.78. The van der Waals surface area contributed by atoms with E-state index in [1.165, 1.54) is 5.56 Å². The van der Waals surface area contributed by atoms with E-state index < -0.39 is 5.41 Å². The average Bonchev–Trinajstić information content (AvgIpc) is 2.25. The van der Waals surface area contributed by atoms with Crippen molar-refractivity contribution in [1.82, 2.24) is 5.32 Å². The van der Waals surface area contributed by atoms with E-state index in [1.54, 1.807) is 0 Å². The zero-order chi connectivity index (χ0) is 16.3. The molecule has 118 valence electrons. The van der Waals surface area contributed by atoms with Gasteiger partial charge in [0.05, 0.1) is 0 Å². The molecule has 0 heterocycles. The Morgan fingerprint density at radius 2 is 1.48 bits per heavy atom. The van der Waals surface area contributed by atoms with Crippen LogP contribution in [0.5, 0.6) is 0 Å². The molecule has 2 nitrogen and oxygen atoms in total. The summed E-state index contributed by atoms with van der Waals surface area (Å²) in [7, 11) is 0. The maximum Gasteiger partial charge on any atom is 0.226 e. The maximum absolute atomic E-state index is 12.7. The fourth-order valence-electron chi connectivity index (χ4n) is 3.03. The SMILES string of the molecule is CC(C)(C)CC(C)(C)NC(=O)C(C)(C)Cc1ccccc1. The Morgan fingerprint density at radius 1 is 0.952 bits per heavy atom. The number of rotatable bonds is 5. The third kappa shape index (κ3) is 6.33. The molecule has 0 bridgehead atoms. The zero-order valence-corrected chi connectivity index (χ0v) is 14.7. The first-order chi connectivity index (χ1) is 9.41. The van der Waals surface area contributed by atoms with Crippen molar-refractivity contribution < 1.29 is 4.79 Å². The lowest BCUT2D eigenvalue weighted by atomic mass is 9.79. The van der Waals surface area contributed by atoms with Gasteiger partial charge in [-0.15, -0.1) is 0 Å². The van der Waals surface area contributed by atoms with E-state index in [2.05, 4.69) is 52.1 Å². The molecular formula is C19H31NO. The molecule has 0 unspecified atom stereocenters. The Morgan fingerprint density at radius 3 is 1.95 bits per heavy atom. The summed E-state index contributed by atoms with van der Waals surface area (Å²) in [5.41, 5.74) is 0.798. The van der Waals surface area contributed by atoms with Crippen LogP contribution in [0.4, 0.5) is 0 Å². The van der Waals surface area contributed by atoms with Crippen molar-refractivity contribution in [2.45, 2.75) is 66.8 Å². The van der Waals surface area contributed by atoms with Crippen LogP contribution in [0, 0.1) is 10.8 Å². The fourth-order valence-corrected chi connectivity index (χ4v) is 3.03. The van der Waals surface area contributed by atoms with E-state index in [-0.39, 0.29) is 16.9 Å². The normalized spacial score (nSPS) is 13.1. The van der Waals surface area contributed by atoms with Crippen LogP contribution in [0.2, 0.25) is 0 Å². The summed E-state index contributed by atoms with van der Waals surface area (Å²) < 4.78 is 0. The zero-order valence-electron chi connectivity index (χ0n) is 14.7. The highest BCUT2D eigenvalue weighted by molar-refractivity contribution is 5.82. The van der Waals surface area contributed by atoms with E-state index in [1.807, 2.05) is 32.0 Å². The van der Waals surface area contributed by atoms with E-state index in [9.17, 15) is 4.79 Å². The predicted octanol–water partition coefficient (Wildman–Crippen LogP) is 4.59. The largest absolute Gasteiger partial charge is 0.351 e. The predicted molar refractivity (Wildman–Crippen MR) is 90.2 cm³/mol. The number of benzene rings is 1. The summed E-state index contributed by atoms with van der Waals surface area (Å²) in [6, 6.07) is 10.2. The standard InChI is InChI=1S/C19H31NO/c1-17(2,3)14-19(6,7)20-16(21)18(4,5)13-15-11-9-8-10-12-15/h8-12H,13-14H2,1-7H3,(H,20,21). The molecule has 0 fully saturated rings. The fraction of sp³-hybridized carbons (Fsp3) is 0.632. The summed E-state index contributed by atoms with van der Waals surface area (Å²) in [4.78, 5) is 12.7. The molecule has 0 saturated carbocycles. The van der Waals surface area contributed by atoms with Gasteiger partial charge in [-0.05, 0) is 37.7 Å². The second-order valence-corrected chi connectivity index (χ2v) is 8.62. The van der Waals surface area contributed by atoms with Gasteiger partial charge >= 0.3 is 0 Å². The molecule has 0 spiro atoms. The molecule has 1 amide bonds. The van der Waals surface area contributed by atoms with Crippen molar-refractivity contribution >= 4 is 5.91 Å². The molecule has 0 radical (unpaired) electrons. The van der Waals surface area contributed by atoms with Gasteiger partial charge in [0.2, 0.25) is 5.91 Å². The van der Waals surface area contributed by atoms with Crippen molar-refractivity contribution in [3.8, 4) is 0 Å².